The van der Waals surface area contributed by atoms with Gasteiger partial charge in [0, 0.05) is 15.8 Å². The van der Waals surface area contributed by atoms with Gasteiger partial charge in [-0.05, 0) is 30.3 Å². The van der Waals surface area contributed by atoms with Crippen LogP contribution in [-0.4, -0.2) is 18.2 Å². The van der Waals surface area contributed by atoms with E-state index in [0.29, 0.717) is 10.8 Å². The molecule has 0 unspecified atom stereocenters. The zero-order valence-electron chi connectivity index (χ0n) is 10.1. The average Bonchev–Trinajstić information content (AvgIpc) is 2.85. The van der Waals surface area contributed by atoms with Crippen molar-refractivity contribution in [2.24, 2.45) is 0 Å². The smallest absolute Gasteiger partial charge is 0.371 e. The van der Waals surface area contributed by atoms with Crippen molar-refractivity contribution in [2.75, 3.05) is 7.11 Å². The van der Waals surface area contributed by atoms with Crippen LogP contribution < -0.4 is 4.74 Å². The molecule has 4 nitrogen and oxygen atoms in total. The molecule has 100 valence electrons. The molecule has 1 aromatic carbocycles. The molecular formula is C13H11BrO4S. The first-order chi connectivity index (χ1) is 9.10. The fraction of sp³-hybridized carbons (Fsp3) is 0.154. The van der Waals surface area contributed by atoms with E-state index in [9.17, 15) is 4.79 Å². The number of carboxylic acids is 1. The SMILES string of the molecule is COc1ccc(Br)cc1CSc1ccc(C(=O)O)o1. The predicted octanol–water partition coefficient (Wildman–Crippen LogP) is 4.04. The van der Waals surface area contributed by atoms with Crippen LogP contribution in [0.4, 0.5) is 0 Å². The number of thioether (sulfide) groups is 1. The van der Waals surface area contributed by atoms with E-state index in [0.717, 1.165) is 15.8 Å². The predicted molar refractivity (Wildman–Crippen MR) is 75.9 cm³/mol. The van der Waals surface area contributed by atoms with Crippen LogP contribution in [0.5, 0.6) is 5.75 Å². The lowest BCUT2D eigenvalue weighted by molar-refractivity contribution is 0.0656. The summed E-state index contributed by atoms with van der Waals surface area (Å²) in [5.74, 6) is 0.311. The Kier molecular flexibility index (Phi) is 4.55. The number of halogens is 1. The van der Waals surface area contributed by atoms with Gasteiger partial charge in [-0.3, -0.25) is 0 Å². The summed E-state index contributed by atoms with van der Waals surface area (Å²) in [5, 5.41) is 9.34. The highest BCUT2D eigenvalue weighted by atomic mass is 79.9. The van der Waals surface area contributed by atoms with E-state index in [1.807, 2.05) is 18.2 Å². The van der Waals surface area contributed by atoms with Crippen LogP contribution in [0.2, 0.25) is 0 Å². The van der Waals surface area contributed by atoms with Crippen LogP contribution in [0.25, 0.3) is 0 Å². The zero-order chi connectivity index (χ0) is 13.8. The minimum Gasteiger partial charge on any atom is -0.496 e. The van der Waals surface area contributed by atoms with Gasteiger partial charge in [-0.2, -0.15) is 0 Å². The maximum absolute atomic E-state index is 10.7. The maximum Gasteiger partial charge on any atom is 0.371 e. The van der Waals surface area contributed by atoms with Gasteiger partial charge in [0.25, 0.3) is 0 Å². The van der Waals surface area contributed by atoms with Gasteiger partial charge >= 0.3 is 5.97 Å². The van der Waals surface area contributed by atoms with Gasteiger partial charge in [0.05, 0.1) is 7.11 Å². The van der Waals surface area contributed by atoms with Gasteiger partial charge < -0.3 is 14.3 Å². The number of benzene rings is 1. The molecule has 19 heavy (non-hydrogen) atoms. The summed E-state index contributed by atoms with van der Waals surface area (Å²) < 4.78 is 11.4. The fourth-order valence-corrected chi connectivity index (χ4v) is 2.77. The molecule has 0 saturated heterocycles. The molecule has 0 fully saturated rings. The Morgan fingerprint density at radius 2 is 2.21 bits per heavy atom. The van der Waals surface area contributed by atoms with Crippen LogP contribution in [0, 0.1) is 0 Å². The molecule has 0 aliphatic carbocycles. The average molecular weight is 343 g/mol. The second kappa shape index (κ2) is 6.16. The summed E-state index contributed by atoms with van der Waals surface area (Å²) in [6, 6.07) is 8.85. The Morgan fingerprint density at radius 3 is 2.84 bits per heavy atom. The molecule has 2 aromatic rings. The van der Waals surface area contributed by atoms with Crippen LogP contribution in [0.1, 0.15) is 16.1 Å². The first kappa shape index (κ1) is 14.0. The number of ether oxygens (including phenoxy) is 1. The van der Waals surface area contributed by atoms with Gasteiger partial charge in [-0.1, -0.05) is 27.7 Å². The van der Waals surface area contributed by atoms with Crippen LogP contribution >= 0.6 is 27.7 Å². The highest BCUT2D eigenvalue weighted by Gasteiger charge is 2.10. The van der Waals surface area contributed by atoms with Gasteiger partial charge in [-0.25, -0.2) is 4.79 Å². The summed E-state index contributed by atoms with van der Waals surface area (Å²) in [6.07, 6.45) is 0. The number of hydrogen-bond donors (Lipinski definition) is 1. The quantitative estimate of drug-likeness (QED) is 0.831. The van der Waals surface area contributed by atoms with Crippen molar-refractivity contribution in [1.29, 1.82) is 0 Å². The minimum atomic E-state index is -1.06. The molecule has 2 rings (SSSR count). The topological polar surface area (TPSA) is 59.7 Å². The Hall–Kier alpha value is -1.40. The molecule has 0 radical (unpaired) electrons. The summed E-state index contributed by atoms with van der Waals surface area (Å²) in [5.41, 5.74) is 1.01. The van der Waals surface area contributed by atoms with Crippen molar-refractivity contribution in [2.45, 2.75) is 10.8 Å². The third-order valence-corrected chi connectivity index (χ3v) is 3.86. The van der Waals surface area contributed by atoms with Crippen molar-refractivity contribution >= 4 is 33.7 Å². The summed E-state index contributed by atoms with van der Waals surface area (Å²) in [4.78, 5) is 10.7. The standard InChI is InChI=1S/C13H11BrO4S/c1-17-10-3-2-9(14)6-8(10)7-19-12-5-4-11(18-12)13(15)16/h2-6H,7H2,1H3,(H,15,16). The number of carbonyl (C=O) groups is 1. The number of hydrogen-bond acceptors (Lipinski definition) is 4. The third-order valence-electron chi connectivity index (χ3n) is 2.40. The fourth-order valence-electron chi connectivity index (χ4n) is 1.52. The molecule has 1 heterocycles. The van der Waals surface area contributed by atoms with Crippen molar-refractivity contribution in [3.63, 3.8) is 0 Å². The lowest BCUT2D eigenvalue weighted by atomic mass is 10.2. The monoisotopic (exact) mass is 342 g/mol. The number of furan rings is 1. The van der Waals surface area contributed by atoms with E-state index in [2.05, 4.69) is 15.9 Å². The molecule has 0 aliphatic heterocycles. The Morgan fingerprint density at radius 1 is 1.42 bits per heavy atom. The first-order valence-corrected chi connectivity index (χ1v) is 7.16. The van der Waals surface area contributed by atoms with E-state index in [1.54, 1.807) is 13.2 Å². The van der Waals surface area contributed by atoms with Crippen molar-refractivity contribution in [3.05, 3.63) is 46.1 Å². The Labute approximate surface area is 122 Å². The van der Waals surface area contributed by atoms with Gasteiger partial charge in [0.1, 0.15) is 5.75 Å². The van der Waals surface area contributed by atoms with Crippen LogP contribution in [-0.2, 0) is 5.75 Å². The van der Waals surface area contributed by atoms with Crippen molar-refractivity contribution in [3.8, 4) is 5.75 Å². The molecule has 1 aromatic heterocycles. The largest absolute Gasteiger partial charge is 0.496 e. The molecule has 0 spiro atoms. The molecule has 6 heteroatoms. The highest BCUT2D eigenvalue weighted by molar-refractivity contribution is 9.10. The van der Waals surface area contributed by atoms with Crippen LogP contribution in [0.3, 0.4) is 0 Å². The van der Waals surface area contributed by atoms with Crippen molar-refractivity contribution < 1.29 is 19.1 Å². The van der Waals surface area contributed by atoms with E-state index >= 15 is 0 Å². The second-order valence-electron chi connectivity index (χ2n) is 3.67. The van der Waals surface area contributed by atoms with Gasteiger partial charge in [0.15, 0.2) is 5.09 Å². The molecule has 0 bridgehead atoms. The van der Waals surface area contributed by atoms with Gasteiger partial charge in [0.2, 0.25) is 5.76 Å². The van der Waals surface area contributed by atoms with E-state index in [1.165, 1.54) is 17.8 Å². The molecule has 0 amide bonds. The van der Waals surface area contributed by atoms with Crippen molar-refractivity contribution in [1.82, 2.24) is 0 Å². The second-order valence-corrected chi connectivity index (χ2v) is 5.56. The zero-order valence-corrected chi connectivity index (χ0v) is 12.5. The lowest BCUT2D eigenvalue weighted by Crippen LogP contribution is -1.91. The van der Waals surface area contributed by atoms with E-state index in [-0.39, 0.29) is 5.76 Å². The molecular weight excluding hydrogens is 332 g/mol. The summed E-state index contributed by atoms with van der Waals surface area (Å²) >= 11 is 4.83. The molecule has 0 saturated carbocycles. The molecule has 0 aliphatic rings. The molecule has 1 N–H and O–H groups in total. The molecule has 0 atom stereocenters. The third kappa shape index (κ3) is 3.54. The number of methoxy groups -OCH3 is 1. The van der Waals surface area contributed by atoms with Crippen LogP contribution in [0.15, 0.2) is 44.3 Å². The number of rotatable bonds is 5. The number of carboxylic acid groups (broad SMARTS) is 1. The summed E-state index contributed by atoms with van der Waals surface area (Å²) in [7, 11) is 1.62. The Balaban J connectivity index is 2.09. The minimum absolute atomic E-state index is 0.0521. The lowest BCUT2D eigenvalue weighted by Gasteiger charge is -2.07. The van der Waals surface area contributed by atoms with E-state index in [4.69, 9.17) is 14.3 Å². The highest BCUT2D eigenvalue weighted by Crippen LogP contribution is 2.31. The Bertz CT molecular complexity index is 594. The normalized spacial score (nSPS) is 10.4. The van der Waals surface area contributed by atoms with Gasteiger partial charge in [-0.15, -0.1) is 0 Å². The van der Waals surface area contributed by atoms with E-state index < -0.39 is 5.97 Å². The first-order valence-electron chi connectivity index (χ1n) is 5.38. The summed E-state index contributed by atoms with van der Waals surface area (Å²) in [6.45, 7) is 0. The maximum atomic E-state index is 10.7. The number of aromatic carboxylic acids is 1.